The summed E-state index contributed by atoms with van der Waals surface area (Å²) in [5.74, 6) is -3.40. The first kappa shape index (κ1) is 15.5. The molecule has 258 valence electrons. The molecule has 0 spiro atoms. The van der Waals surface area contributed by atoms with Crippen molar-refractivity contribution in [3.8, 4) is 22.4 Å². The highest BCUT2D eigenvalue weighted by Gasteiger charge is 2.33. The van der Waals surface area contributed by atoms with Crippen molar-refractivity contribution < 1.29 is 34.3 Å². The molecule has 0 saturated heterocycles. The second-order valence-electron chi connectivity index (χ2n) is 12.9. The quantitative estimate of drug-likeness (QED) is 0.165. The summed E-state index contributed by atoms with van der Waals surface area (Å²) in [6.07, 6.45) is -1.10. The third-order valence-electron chi connectivity index (χ3n) is 9.91. The smallest absolute Gasteiger partial charge is 0.0972 e. The summed E-state index contributed by atoms with van der Waals surface area (Å²) < 4.78 is 224. The van der Waals surface area contributed by atoms with Gasteiger partial charge in [-0.15, -0.1) is 0 Å². The van der Waals surface area contributed by atoms with Gasteiger partial charge in [0.2, 0.25) is 0 Å². The van der Waals surface area contributed by atoms with Crippen LogP contribution in [0.3, 0.4) is 0 Å². The number of benzene rings is 6. The van der Waals surface area contributed by atoms with Crippen molar-refractivity contribution in [2.75, 3.05) is 0 Å². The van der Waals surface area contributed by atoms with Gasteiger partial charge in [0.25, 0.3) is 0 Å². The molecule has 2 nitrogen and oxygen atoms in total. The Bertz CT molecular complexity index is 4550. The van der Waals surface area contributed by atoms with Crippen molar-refractivity contribution in [3.63, 3.8) is 0 Å². The van der Waals surface area contributed by atoms with Gasteiger partial charge in [0.15, 0.2) is 0 Å². The fourth-order valence-electron chi connectivity index (χ4n) is 7.49. The Kier molecular flexibility index (Phi) is 3.62. The number of fused-ring (bicyclic) bond motifs is 6. The molecule has 0 saturated carbocycles. The Labute approximate surface area is 355 Å². The van der Waals surface area contributed by atoms with Gasteiger partial charge in [-0.25, -0.2) is 4.98 Å². The number of rotatable bonds is 5. The summed E-state index contributed by atoms with van der Waals surface area (Å²) in [6.45, 7) is 0. The van der Waals surface area contributed by atoms with Crippen LogP contribution in [0.5, 0.6) is 0 Å². The average molecular weight is 726 g/mol. The van der Waals surface area contributed by atoms with E-state index in [9.17, 15) is 11.0 Å². The van der Waals surface area contributed by atoms with E-state index in [0.29, 0.717) is 10.8 Å². The molecule has 3 aliphatic carbocycles. The first-order valence-corrected chi connectivity index (χ1v) is 17.2. The van der Waals surface area contributed by atoms with Gasteiger partial charge in [0.1, 0.15) is 0 Å². The molecule has 6 aromatic carbocycles. The molecular formula is C53H36N2. The van der Waals surface area contributed by atoms with Crippen molar-refractivity contribution in [2.24, 2.45) is 11.8 Å². The van der Waals surface area contributed by atoms with E-state index < -0.39 is 191 Å². The van der Waals surface area contributed by atoms with Crippen molar-refractivity contribution in [1.29, 1.82) is 0 Å². The zero-order valence-corrected chi connectivity index (χ0v) is 28.3. The lowest BCUT2D eigenvalue weighted by atomic mass is 9.69. The van der Waals surface area contributed by atoms with Gasteiger partial charge in [-0.1, -0.05) is 169 Å². The molecule has 3 aliphatic rings. The van der Waals surface area contributed by atoms with Crippen molar-refractivity contribution in [3.05, 3.63) is 221 Å². The maximum absolute atomic E-state index is 9.80. The molecule has 8 aromatic rings. The van der Waals surface area contributed by atoms with Crippen LogP contribution < -0.4 is 10.4 Å². The molecule has 0 fully saturated rings. The summed E-state index contributed by atoms with van der Waals surface area (Å²) in [7, 11) is 0. The highest BCUT2D eigenvalue weighted by atomic mass is 14.8. The van der Waals surface area contributed by atoms with E-state index in [1.165, 1.54) is 12.1 Å². The SMILES string of the molecule is [2H]C1=C(C2=c3c([2H])c([2H])c([2H])c([2H])c3=C(c3c([2H])c([2H])c([2H])c([2H])c3[2H])C3C([2H])=C([2H])C([2H])=C([2H])C23)CC(c2cc([2H])c([2H])c(-c3ccc(-c4nc5c(c([2H])c4[2H])c([2H])c([2H])c4c([2H])c([2H])c([2H])nc45)c4ccccc34)c2[2H])=C1[2H]. The monoisotopic (exact) mass is 725 g/mol. The van der Waals surface area contributed by atoms with Crippen molar-refractivity contribution in [2.45, 2.75) is 6.42 Å². The van der Waals surface area contributed by atoms with Gasteiger partial charge in [0, 0.05) is 34.3 Å². The van der Waals surface area contributed by atoms with Crippen LogP contribution in [0.1, 0.15) is 51.8 Å². The predicted octanol–water partition coefficient (Wildman–Crippen LogP) is 11.4. The van der Waals surface area contributed by atoms with Crippen LogP contribution in [0, 0.1) is 11.8 Å². The first-order valence-electron chi connectivity index (χ1n) is 29.7. The van der Waals surface area contributed by atoms with Gasteiger partial charge in [-0.05, 0) is 90.3 Å². The lowest BCUT2D eigenvalue weighted by Gasteiger charge is -2.34. The van der Waals surface area contributed by atoms with Crippen LogP contribution in [-0.4, -0.2) is 9.97 Å². The summed E-state index contributed by atoms with van der Waals surface area (Å²) in [5, 5.41) is -0.616. The fourth-order valence-corrected chi connectivity index (χ4v) is 7.49. The molecule has 2 atom stereocenters. The summed E-state index contributed by atoms with van der Waals surface area (Å²) >= 11 is 0. The van der Waals surface area contributed by atoms with Gasteiger partial charge in [-0.2, -0.15) is 0 Å². The van der Waals surface area contributed by atoms with Crippen LogP contribution in [0.25, 0.3) is 71.7 Å². The van der Waals surface area contributed by atoms with Crippen LogP contribution in [0.2, 0.25) is 0 Å². The van der Waals surface area contributed by atoms with Crippen LogP contribution in [0.15, 0.2) is 199 Å². The normalized spacial score (nSPS) is 24.8. The lowest BCUT2D eigenvalue weighted by Crippen LogP contribution is -2.40. The molecule has 2 aromatic heterocycles. The van der Waals surface area contributed by atoms with Crippen LogP contribution in [0.4, 0.5) is 0 Å². The average Bonchev–Trinajstić information content (AvgIpc) is 3.86. The molecule has 55 heavy (non-hydrogen) atoms. The van der Waals surface area contributed by atoms with E-state index >= 15 is 0 Å². The minimum atomic E-state index is -1.72. The molecule has 0 amide bonds. The number of hydrogen-bond acceptors (Lipinski definition) is 2. The number of hydrogen-bond donors (Lipinski definition) is 0. The Balaban J connectivity index is 1.13. The number of aromatic nitrogens is 2. The number of allylic oxidation sites excluding steroid dienone is 8. The topological polar surface area (TPSA) is 25.8 Å². The zero-order chi connectivity index (χ0) is 58.1. The van der Waals surface area contributed by atoms with E-state index in [1.54, 1.807) is 24.3 Å². The largest absolute Gasteiger partial charge is 0.254 e. The predicted molar refractivity (Wildman–Crippen MR) is 229 cm³/mol. The highest BCUT2D eigenvalue weighted by Crippen LogP contribution is 2.44. The molecule has 11 rings (SSSR count). The zero-order valence-electron chi connectivity index (χ0n) is 53.3. The Hall–Kier alpha value is -6.90. The van der Waals surface area contributed by atoms with Crippen LogP contribution >= 0.6 is 0 Å². The standard InChI is InChI=1S/C53H36N2/c1-2-12-34(13-3-1)50-45-19-6-8-21-47(45)51(48-22-9-7-20-46(48)50)40-26-25-38(33-40)37-14-10-15-39(32-37)41-28-29-44(43-18-5-4-17-42(41)43)49-30-27-36-24-23-35-16-11-31-54-52(35)53(36)55-49/h1-32,45,47H,33H2/i1D,2D,3D,6D,7D,8D,9D,10D,11D,12D,13D,15D,16D,19D,20D,21D,22D,23D,24D,25D,26D,27D,30D,31D,32D. The van der Waals surface area contributed by atoms with Crippen molar-refractivity contribution in [1.82, 2.24) is 9.97 Å². The highest BCUT2D eigenvalue weighted by molar-refractivity contribution is 6.07. The second-order valence-corrected chi connectivity index (χ2v) is 12.9. The van der Waals surface area contributed by atoms with Crippen molar-refractivity contribution >= 4 is 49.3 Å². The Morgan fingerprint density at radius 1 is 0.527 bits per heavy atom. The van der Waals surface area contributed by atoms with E-state index in [1.807, 2.05) is 0 Å². The lowest BCUT2D eigenvalue weighted by molar-refractivity contribution is 0.683. The minimum absolute atomic E-state index is 0.0745. The van der Waals surface area contributed by atoms with Crippen LogP contribution in [-0.2, 0) is 0 Å². The van der Waals surface area contributed by atoms with Gasteiger partial charge in [-0.3, -0.25) is 4.98 Å². The Morgan fingerprint density at radius 3 is 2.04 bits per heavy atom. The molecule has 2 unspecified atom stereocenters. The summed E-state index contributed by atoms with van der Waals surface area (Å²) in [6, 6.07) is -4.93. The molecule has 2 heteroatoms. The second kappa shape index (κ2) is 12.9. The molecular weight excluding hydrogens is 665 g/mol. The first-order chi connectivity index (χ1) is 37.7. The molecule has 2 heterocycles. The third-order valence-corrected chi connectivity index (χ3v) is 9.91. The summed E-state index contributed by atoms with van der Waals surface area (Å²) in [5.41, 5.74) is -1.71. The van der Waals surface area contributed by atoms with E-state index in [-0.39, 0.29) is 66.5 Å². The molecule has 0 N–H and O–H groups in total. The van der Waals surface area contributed by atoms with E-state index in [0.717, 1.165) is 6.07 Å². The number of nitrogens with zero attached hydrogens (tertiary/aromatic N) is 2. The van der Waals surface area contributed by atoms with Gasteiger partial charge < -0.3 is 0 Å². The van der Waals surface area contributed by atoms with Gasteiger partial charge >= 0.3 is 0 Å². The Morgan fingerprint density at radius 2 is 1.20 bits per heavy atom. The van der Waals surface area contributed by atoms with E-state index in [2.05, 4.69) is 4.98 Å². The summed E-state index contributed by atoms with van der Waals surface area (Å²) in [4.78, 5) is 8.84. The minimum Gasteiger partial charge on any atom is -0.254 e. The fraction of sp³-hybridized carbons (Fsp3) is 0.0566. The molecule has 0 radical (unpaired) electrons. The van der Waals surface area contributed by atoms with E-state index in [4.69, 9.17) is 28.3 Å². The maximum Gasteiger partial charge on any atom is 0.0972 e. The third kappa shape index (κ3) is 5.25. The number of pyridine rings is 2. The molecule has 0 bridgehead atoms. The molecule has 0 aliphatic heterocycles. The van der Waals surface area contributed by atoms with Gasteiger partial charge in [0.05, 0.1) is 51.0 Å². The maximum atomic E-state index is 9.80.